The standard InChI is InChI=1S/C19H31N3O3/c1-4-17-20-18(21-25-17)15-8-6-10-22(12-15)19(23)14(3)24-16-9-5-7-13(2)11-16/h13-16H,4-12H2,1-3H3. The maximum atomic E-state index is 12.8. The highest BCUT2D eigenvalue weighted by Crippen LogP contribution is 2.28. The minimum Gasteiger partial charge on any atom is -0.365 e. The van der Waals surface area contributed by atoms with Crippen molar-refractivity contribution in [3.63, 3.8) is 0 Å². The SMILES string of the molecule is CCc1nc(C2CCCN(C(=O)C(C)OC3CCCC(C)C3)C2)no1. The topological polar surface area (TPSA) is 68.5 Å². The molecule has 4 unspecified atom stereocenters. The summed E-state index contributed by atoms with van der Waals surface area (Å²) < 4.78 is 11.3. The lowest BCUT2D eigenvalue weighted by molar-refractivity contribution is -0.149. The van der Waals surface area contributed by atoms with Crippen molar-refractivity contribution in [2.75, 3.05) is 13.1 Å². The maximum absolute atomic E-state index is 12.8. The highest BCUT2D eigenvalue weighted by molar-refractivity contribution is 5.80. The van der Waals surface area contributed by atoms with Crippen LogP contribution in [0.1, 0.15) is 76.9 Å². The Morgan fingerprint density at radius 3 is 2.92 bits per heavy atom. The first-order valence-electron chi connectivity index (χ1n) is 9.83. The van der Waals surface area contributed by atoms with E-state index >= 15 is 0 Å². The molecule has 0 bridgehead atoms. The van der Waals surface area contributed by atoms with E-state index in [1.807, 2.05) is 18.7 Å². The first kappa shape index (κ1) is 18.4. The first-order valence-corrected chi connectivity index (χ1v) is 9.83. The number of carbonyl (C=O) groups excluding carboxylic acids is 1. The van der Waals surface area contributed by atoms with E-state index in [0.29, 0.717) is 18.4 Å². The molecule has 2 heterocycles. The summed E-state index contributed by atoms with van der Waals surface area (Å²) in [6.45, 7) is 7.62. The largest absolute Gasteiger partial charge is 0.365 e. The molecule has 2 aliphatic rings. The molecule has 0 radical (unpaired) electrons. The molecule has 2 fully saturated rings. The summed E-state index contributed by atoms with van der Waals surface area (Å²) in [5, 5.41) is 4.10. The van der Waals surface area contributed by atoms with Crippen molar-refractivity contribution in [1.29, 1.82) is 0 Å². The Labute approximate surface area is 150 Å². The van der Waals surface area contributed by atoms with Crippen LogP contribution < -0.4 is 0 Å². The van der Waals surface area contributed by atoms with Crippen molar-refractivity contribution in [2.24, 2.45) is 5.92 Å². The number of aryl methyl sites for hydroxylation is 1. The second-order valence-electron chi connectivity index (χ2n) is 7.70. The van der Waals surface area contributed by atoms with Crippen LogP contribution in [-0.4, -0.2) is 46.2 Å². The summed E-state index contributed by atoms with van der Waals surface area (Å²) >= 11 is 0. The minimum absolute atomic E-state index is 0.0992. The normalized spacial score (nSPS) is 28.8. The van der Waals surface area contributed by atoms with Crippen molar-refractivity contribution in [2.45, 2.75) is 83.8 Å². The van der Waals surface area contributed by atoms with Gasteiger partial charge in [0.05, 0.1) is 6.10 Å². The third kappa shape index (κ3) is 4.60. The molecule has 0 spiro atoms. The third-order valence-electron chi connectivity index (χ3n) is 5.52. The van der Waals surface area contributed by atoms with Crippen molar-refractivity contribution in [1.82, 2.24) is 15.0 Å². The molecule has 1 amide bonds. The van der Waals surface area contributed by atoms with E-state index in [4.69, 9.17) is 9.26 Å². The van der Waals surface area contributed by atoms with E-state index in [9.17, 15) is 4.79 Å². The van der Waals surface area contributed by atoms with E-state index in [-0.39, 0.29) is 24.0 Å². The molecule has 140 valence electrons. The Bertz CT molecular complexity index is 574. The minimum atomic E-state index is -0.370. The Hall–Kier alpha value is -1.43. The summed E-state index contributed by atoms with van der Waals surface area (Å²) in [5.74, 6) is 2.38. The summed E-state index contributed by atoms with van der Waals surface area (Å²) in [7, 11) is 0. The molecule has 6 nitrogen and oxygen atoms in total. The first-order chi connectivity index (χ1) is 12.1. The fourth-order valence-electron chi connectivity index (χ4n) is 4.07. The van der Waals surface area contributed by atoms with Crippen molar-refractivity contribution >= 4 is 5.91 Å². The lowest BCUT2D eigenvalue weighted by Gasteiger charge is -2.35. The van der Waals surface area contributed by atoms with Gasteiger partial charge in [-0.3, -0.25) is 4.79 Å². The molecular formula is C19H31N3O3. The van der Waals surface area contributed by atoms with E-state index in [1.54, 1.807) is 0 Å². The molecule has 1 aromatic heterocycles. The average molecular weight is 349 g/mol. The lowest BCUT2D eigenvalue weighted by Crippen LogP contribution is -2.45. The number of nitrogens with zero attached hydrogens (tertiary/aromatic N) is 3. The third-order valence-corrected chi connectivity index (χ3v) is 5.52. The molecular weight excluding hydrogens is 318 g/mol. The number of hydrogen-bond acceptors (Lipinski definition) is 5. The molecule has 25 heavy (non-hydrogen) atoms. The van der Waals surface area contributed by atoms with Gasteiger partial charge in [-0.2, -0.15) is 4.98 Å². The van der Waals surface area contributed by atoms with Crippen molar-refractivity contribution in [3.05, 3.63) is 11.7 Å². The molecule has 1 saturated carbocycles. The number of piperidine rings is 1. The molecule has 4 atom stereocenters. The molecule has 0 aromatic carbocycles. The second kappa shape index (κ2) is 8.30. The molecule has 1 saturated heterocycles. The maximum Gasteiger partial charge on any atom is 0.251 e. The molecule has 1 aliphatic carbocycles. The fourth-order valence-corrected chi connectivity index (χ4v) is 4.07. The van der Waals surface area contributed by atoms with Gasteiger partial charge in [-0.15, -0.1) is 0 Å². The highest BCUT2D eigenvalue weighted by atomic mass is 16.5. The number of aromatic nitrogens is 2. The van der Waals surface area contributed by atoms with Gasteiger partial charge in [0.15, 0.2) is 5.82 Å². The van der Waals surface area contributed by atoms with Gasteiger partial charge in [0.25, 0.3) is 5.91 Å². The summed E-state index contributed by atoms with van der Waals surface area (Å²) in [6, 6.07) is 0. The van der Waals surface area contributed by atoms with Gasteiger partial charge in [0.2, 0.25) is 5.89 Å². The van der Waals surface area contributed by atoms with Crippen molar-refractivity contribution < 1.29 is 14.1 Å². The van der Waals surface area contributed by atoms with E-state index in [1.165, 1.54) is 12.8 Å². The van der Waals surface area contributed by atoms with Crippen LogP contribution in [0.25, 0.3) is 0 Å². The van der Waals surface area contributed by atoms with Gasteiger partial charge in [-0.1, -0.05) is 31.8 Å². The van der Waals surface area contributed by atoms with Gasteiger partial charge in [-0.25, -0.2) is 0 Å². The van der Waals surface area contributed by atoms with Gasteiger partial charge >= 0.3 is 0 Å². The van der Waals surface area contributed by atoms with E-state index in [2.05, 4.69) is 17.1 Å². The van der Waals surface area contributed by atoms with Crippen LogP contribution in [0, 0.1) is 5.92 Å². The average Bonchev–Trinajstić information content (AvgIpc) is 3.10. The lowest BCUT2D eigenvalue weighted by atomic mass is 9.88. The van der Waals surface area contributed by atoms with Crippen LogP contribution in [0.2, 0.25) is 0 Å². The number of rotatable bonds is 5. The number of hydrogen-bond donors (Lipinski definition) is 0. The Morgan fingerprint density at radius 1 is 1.36 bits per heavy atom. The Morgan fingerprint density at radius 2 is 2.20 bits per heavy atom. The fraction of sp³-hybridized carbons (Fsp3) is 0.842. The summed E-state index contributed by atoms with van der Waals surface area (Å²) in [4.78, 5) is 19.2. The number of amides is 1. The zero-order valence-electron chi connectivity index (χ0n) is 15.7. The van der Waals surface area contributed by atoms with Gasteiger partial charge in [0, 0.05) is 25.4 Å². The van der Waals surface area contributed by atoms with Gasteiger partial charge in [-0.05, 0) is 38.5 Å². The predicted octanol–water partition coefficient (Wildman–Crippen LogP) is 3.32. The Balaban J connectivity index is 1.55. The van der Waals surface area contributed by atoms with Crippen molar-refractivity contribution in [3.8, 4) is 0 Å². The molecule has 1 aliphatic heterocycles. The molecule has 6 heteroatoms. The van der Waals surface area contributed by atoms with Crippen LogP contribution in [0.3, 0.4) is 0 Å². The van der Waals surface area contributed by atoms with E-state index in [0.717, 1.165) is 44.5 Å². The smallest absolute Gasteiger partial charge is 0.251 e. The van der Waals surface area contributed by atoms with Crippen LogP contribution in [0.15, 0.2) is 4.52 Å². The zero-order chi connectivity index (χ0) is 17.8. The van der Waals surface area contributed by atoms with Crippen LogP contribution in [0.4, 0.5) is 0 Å². The number of likely N-dealkylation sites (tertiary alicyclic amines) is 1. The number of ether oxygens (including phenoxy) is 1. The molecule has 1 aromatic rings. The predicted molar refractivity (Wildman–Crippen MR) is 94.2 cm³/mol. The second-order valence-corrected chi connectivity index (χ2v) is 7.70. The summed E-state index contributed by atoms with van der Waals surface area (Å²) in [5.41, 5.74) is 0. The molecule has 3 rings (SSSR count). The quantitative estimate of drug-likeness (QED) is 0.815. The monoisotopic (exact) mass is 349 g/mol. The van der Waals surface area contributed by atoms with Crippen LogP contribution >= 0.6 is 0 Å². The Kier molecular flexibility index (Phi) is 6.10. The van der Waals surface area contributed by atoms with Crippen LogP contribution in [0.5, 0.6) is 0 Å². The van der Waals surface area contributed by atoms with Gasteiger partial charge in [0.1, 0.15) is 6.10 Å². The van der Waals surface area contributed by atoms with Gasteiger partial charge < -0.3 is 14.2 Å². The zero-order valence-corrected chi connectivity index (χ0v) is 15.7. The van der Waals surface area contributed by atoms with E-state index < -0.39 is 0 Å². The van der Waals surface area contributed by atoms with Crippen LogP contribution in [-0.2, 0) is 16.0 Å². The summed E-state index contributed by atoms with van der Waals surface area (Å²) in [6.07, 6.45) is 7.21. The number of carbonyl (C=O) groups is 1. The highest BCUT2D eigenvalue weighted by Gasteiger charge is 2.32. The molecule has 0 N–H and O–H groups in total.